The molecule has 0 aromatic carbocycles. The van der Waals surface area contributed by atoms with E-state index in [0.29, 0.717) is 13.2 Å². The van der Waals surface area contributed by atoms with Crippen LogP contribution in [-0.2, 0) is 9.47 Å². The second kappa shape index (κ2) is 10.00. The monoisotopic (exact) mass is 323 g/mol. The van der Waals surface area contributed by atoms with E-state index >= 15 is 0 Å². The van der Waals surface area contributed by atoms with Crippen LogP contribution in [0.15, 0.2) is 23.3 Å². The fourth-order valence-electron chi connectivity index (χ4n) is 1.48. The summed E-state index contributed by atoms with van der Waals surface area (Å²) in [5, 5.41) is 0. The number of hydrogen-bond donors (Lipinski definition) is 0. The Morgan fingerprint density at radius 3 is 2.65 bits per heavy atom. The molecule has 0 fully saturated rings. The first kappa shape index (κ1) is 17.0. The SMILES string of the molecule is Br.C=CC1=C(C)N(CCOCCOCC)CS1. The van der Waals surface area contributed by atoms with Crippen LogP contribution in [0.1, 0.15) is 13.8 Å². The Morgan fingerprint density at radius 2 is 2.06 bits per heavy atom. The third kappa shape index (κ3) is 5.95. The van der Waals surface area contributed by atoms with Crippen LogP contribution < -0.4 is 0 Å². The van der Waals surface area contributed by atoms with Crippen LogP contribution in [0.25, 0.3) is 0 Å². The van der Waals surface area contributed by atoms with Crippen molar-refractivity contribution < 1.29 is 9.47 Å². The topological polar surface area (TPSA) is 21.7 Å². The van der Waals surface area contributed by atoms with Crippen molar-refractivity contribution in [3.8, 4) is 0 Å². The Labute approximate surface area is 119 Å². The molecule has 0 unspecified atom stereocenters. The van der Waals surface area contributed by atoms with E-state index in [-0.39, 0.29) is 17.0 Å². The third-order valence-corrected chi connectivity index (χ3v) is 3.69. The maximum Gasteiger partial charge on any atom is 0.0701 e. The second-order valence-electron chi connectivity index (χ2n) is 3.50. The summed E-state index contributed by atoms with van der Waals surface area (Å²) in [7, 11) is 0. The lowest BCUT2D eigenvalue weighted by molar-refractivity contribution is 0.0476. The summed E-state index contributed by atoms with van der Waals surface area (Å²) < 4.78 is 10.7. The average molecular weight is 324 g/mol. The Hall–Kier alpha value is 0.0300. The lowest BCUT2D eigenvalue weighted by Crippen LogP contribution is -2.23. The smallest absolute Gasteiger partial charge is 0.0701 e. The average Bonchev–Trinajstić information content (AvgIpc) is 2.65. The molecule has 0 aromatic heterocycles. The van der Waals surface area contributed by atoms with Gasteiger partial charge >= 0.3 is 0 Å². The number of allylic oxidation sites excluding steroid dienone is 2. The molecule has 1 rings (SSSR count). The molecule has 0 radical (unpaired) electrons. The number of nitrogens with zero attached hydrogens (tertiary/aromatic N) is 1. The molecule has 0 spiro atoms. The molecule has 0 saturated carbocycles. The molecule has 100 valence electrons. The van der Waals surface area contributed by atoms with Crippen molar-refractivity contribution in [2.75, 3.05) is 38.8 Å². The minimum atomic E-state index is 0. The van der Waals surface area contributed by atoms with Gasteiger partial charge in [0.1, 0.15) is 0 Å². The van der Waals surface area contributed by atoms with Crippen molar-refractivity contribution in [2.45, 2.75) is 13.8 Å². The maximum absolute atomic E-state index is 5.49. The van der Waals surface area contributed by atoms with Crippen molar-refractivity contribution >= 4 is 28.7 Å². The van der Waals surface area contributed by atoms with Gasteiger partial charge in [0, 0.05) is 23.8 Å². The van der Waals surface area contributed by atoms with Gasteiger partial charge in [-0.25, -0.2) is 0 Å². The standard InChI is InChI=1S/C12H21NO2S.BrH/c1-4-12-11(3)13(10-16-12)6-7-15-9-8-14-5-2;/h4H,1,5-10H2,2-3H3;1H. The van der Waals surface area contributed by atoms with Gasteiger partial charge in [-0.2, -0.15) is 0 Å². The Balaban J connectivity index is 0.00000256. The van der Waals surface area contributed by atoms with E-state index in [4.69, 9.17) is 9.47 Å². The largest absolute Gasteiger partial charge is 0.379 e. The minimum Gasteiger partial charge on any atom is -0.379 e. The number of rotatable bonds is 8. The van der Waals surface area contributed by atoms with E-state index in [1.165, 1.54) is 10.6 Å². The van der Waals surface area contributed by atoms with E-state index in [1.54, 1.807) is 0 Å². The molecule has 0 atom stereocenters. The normalized spacial score (nSPS) is 15.1. The Bertz CT molecular complexity index is 259. The summed E-state index contributed by atoms with van der Waals surface area (Å²) in [6.45, 7) is 11.8. The lowest BCUT2D eigenvalue weighted by Gasteiger charge is -2.18. The first-order chi connectivity index (χ1) is 7.79. The van der Waals surface area contributed by atoms with Gasteiger partial charge in [-0.05, 0) is 13.8 Å². The molecule has 0 bridgehead atoms. The molecule has 3 nitrogen and oxygen atoms in total. The van der Waals surface area contributed by atoms with Gasteiger partial charge in [-0.3, -0.25) is 0 Å². The molecule has 0 amide bonds. The molecule has 1 heterocycles. The molecule has 0 aromatic rings. The first-order valence-electron chi connectivity index (χ1n) is 5.66. The highest BCUT2D eigenvalue weighted by molar-refractivity contribution is 8.93. The highest BCUT2D eigenvalue weighted by Gasteiger charge is 2.16. The summed E-state index contributed by atoms with van der Waals surface area (Å²) >= 11 is 1.84. The third-order valence-electron chi connectivity index (χ3n) is 2.47. The molecule has 0 aliphatic carbocycles. The quantitative estimate of drug-likeness (QED) is 0.640. The van der Waals surface area contributed by atoms with Crippen LogP contribution in [0.3, 0.4) is 0 Å². The Morgan fingerprint density at radius 1 is 1.35 bits per heavy atom. The molecule has 1 aliphatic heterocycles. The summed E-state index contributed by atoms with van der Waals surface area (Å²) in [4.78, 5) is 3.61. The van der Waals surface area contributed by atoms with E-state index in [1.807, 2.05) is 24.8 Å². The van der Waals surface area contributed by atoms with Crippen molar-refractivity contribution in [3.63, 3.8) is 0 Å². The van der Waals surface area contributed by atoms with Gasteiger partial charge in [0.2, 0.25) is 0 Å². The van der Waals surface area contributed by atoms with Crippen LogP contribution >= 0.6 is 28.7 Å². The first-order valence-corrected chi connectivity index (χ1v) is 6.64. The van der Waals surface area contributed by atoms with Gasteiger partial charge in [0.05, 0.1) is 25.7 Å². The van der Waals surface area contributed by atoms with Crippen molar-refractivity contribution in [1.82, 2.24) is 4.90 Å². The van der Waals surface area contributed by atoms with Gasteiger partial charge in [-0.15, -0.1) is 28.7 Å². The van der Waals surface area contributed by atoms with Crippen LogP contribution in [-0.4, -0.2) is 43.7 Å². The highest BCUT2D eigenvalue weighted by Crippen LogP contribution is 2.31. The zero-order valence-electron chi connectivity index (χ0n) is 10.6. The van der Waals surface area contributed by atoms with Crippen LogP contribution in [0.4, 0.5) is 0 Å². The molecular weight excluding hydrogens is 302 g/mol. The predicted octanol–water partition coefficient (Wildman–Crippen LogP) is 3.04. The molecule has 0 N–H and O–H groups in total. The second-order valence-corrected chi connectivity index (χ2v) is 4.49. The van der Waals surface area contributed by atoms with Gasteiger partial charge in [0.25, 0.3) is 0 Å². The predicted molar refractivity (Wildman–Crippen MR) is 79.7 cm³/mol. The van der Waals surface area contributed by atoms with Crippen molar-refractivity contribution in [1.29, 1.82) is 0 Å². The zero-order chi connectivity index (χ0) is 11.8. The van der Waals surface area contributed by atoms with Crippen molar-refractivity contribution in [2.24, 2.45) is 0 Å². The number of hydrogen-bond acceptors (Lipinski definition) is 4. The van der Waals surface area contributed by atoms with Crippen molar-refractivity contribution in [3.05, 3.63) is 23.3 Å². The van der Waals surface area contributed by atoms with Gasteiger partial charge in [0.15, 0.2) is 0 Å². The fourth-order valence-corrected chi connectivity index (χ4v) is 2.56. The van der Waals surface area contributed by atoms with Crippen LogP contribution in [0.5, 0.6) is 0 Å². The zero-order valence-corrected chi connectivity index (χ0v) is 13.1. The van der Waals surface area contributed by atoms with Crippen LogP contribution in [0.2, 0.25) is 0 Å². The van der Waals surface area contributed by atoms with E-state index in [2.05, 4.69) is 18.4 Å². The van der Waals surface area contributed by atoms with Crippen LogP contribution in [0, 0.1) is 0 Å². The van der Waals surface area contributed by atoms with Gasteiger partial charge < -0.3 is 14.4 Å². The summed E-state index contributed by atoms with van der Waals surface area (Å²) in [5.41, 5.74) is 1.31. The molecule has 5 heteroatoms. The molecular formula is C12H22BrNO2S. The molecule has 1 aliphatic rings. The summed E-state index contributed by atoms with van der Waals surface area (Å²) in [5.74, 6) is 1.02. The van der Waals surface area contributed by atoms with E-state index in [9.17, 15) is 0 Å². The van der Waals surface area contributed by atoms with E-state index in [0.717, 1.165) is 25.6 Å². The highest BCUT2D eigenvalue weighted by atomic mass is 79.9. The molecule has 17 heavy (non-hydrogen) atoms. The summed E-state index contributed by atoms with van der Waals surface area (Å²) in [6.07, 6.45) is 1.93. The fraction of sp³-hybridized carbons (Fsp3) is 0.667. The lowest BCUT2D eigenvalue weighted by atomic mass is 10.4. The minimum absolute atomic E-state index is 0. The molecule has 0 saturated heterocycles. The Kier molecular flexibility index (Phi) is 10.0. The number of thioether (sulfide) groups is 1. The van der Waals surface area contributed by atoms with E-state index < -0.39 is 0 Å². The number of ether oxygens (including phenoxy) is 2. The summed E-state index contributed by atoms with van der Waals surface area (Å²) in [6, 6.07) is 0. The maximum atomic E-state index is 5.49. The van der Waals surface area contributed by atoms with Gasteiger partial charge in [-0.1, -0.05) is 12.7 Å². The number of halogens is 1.